The molecule has 0 saturated carbocycles. The van der Waals surface area contributed by atoms with E-state index in [1.165, 1.54) is 122 Å². The predicted molar refractivity (Wildman–Crippen MR) is 293 cm³/mol. The lowest BCUT2D eigenvalue weighted by atomic mass is 10.0. The Kier molecular flexibility index (Phi) is 47.7. The second kappa shape index (κ2) is 49.3. The number of esters is 1. The van der Waals surface area contributed by atoms with Crippen LogP contribution in [0.5, 0.6) is 0 Å². The molecule has 402 valence electrons. The molecule has 0 aliphatic rings. The number of ether oxygens (including phenoxy) is 1. The largest absolute Gasteiger partial charge is 0.756 e. The summed E-state index contributed by atoms with van der Waals surface area (Å²) in [7, 11) is 1.17. The van der Waals surface area contributed by atoms with Crippen LogP contribution in [0.15, 0.2) is 60.8 Å². The van der Waals surface area contributed by atoms with Crippen molar-refractivity contribution in [3.05, 3.63) is 60.8 Å². The maximum Gasteiger partial charge on any atom is 0.306 e. The van der Waals surface area contributed by atoms with Gasteiger partial charge in [0.15, 0.2) is 0 Å². The minimum Gasteiger partial charge on any atom is -0.756 e. The lowest BCUT2D eigenvalue weighted by molar-refractivity contribution is -0.870. The van der Waals surface area contributed by atoms with E-state index in [0.29, 0.717) is 17.4 Å². The molecule has 1 amide bonds. The number of phosphoric ester groups is 1. The van der Waals surface area contributed by atoms with Gasteiger partial charge < -0.3 is 28.5 Å². The van der Waals surface area contributed by atoms with E-state index in [-0.39, 0.29) is 24.9 Å². The fourth-order valence-electron chi connectivity index (χ4n) is 7.97. The van der Waals surface area contributed by atoms with Gasteiger partial charge in [0.2, 0.25) is 5.91 Å². The lowest BCUT2D eigenvalue weighted by Crippen LogP contribution is -2.47. The first-order chi connectivity index (χ1) is 33.4. The summed E-state index contributed by atoms with van der Waals surface area (Å²) in [5, 5.41) is 3.01. The third-order valence-electron chi connectivity index (χ3n) is 12.5. The number of carbonyl (C=O) groups is 2. The van der Waals surface area contributed by atoms with E-state index < -0.39 is 26.6 Å². The van der Waals surface area contributed by atoms with Crippen LogP contribution in [-0.4, -0.2) is 69.4 Å². The van der Waals surface area contributed by atoms with Crippen LogP contribution >= 0.6 is 7.82 Å². The van der Waals surface area contributed by atoms with Gasteiger partial charge in [-0.3, -0.25) is 14.2 Å². The Morgan fingerprint density at radius 1 is 0.507 bits per heavy atom. The van der Waals surface area contributed by atoms with Gasteiger partial charge in [0.25, 0.3) is 7.82 Å². The van der Waals surface area contributed by atoms with E-state index >= 15 is 0 Å². The van der Waals surface area contributed by atoms with Crippen LogP contribution in [0.25, 0.3) is 0 Å². The molecule has 0 spiro atoms. The number of nitrogens with zero attached hydrogens (tertiary/aromatic N) is 1. The molecule has 10 heteroatoms. The summed E-state index contributed by atoms with van der Waals surface area (Å²) in [6, 6.07) is -0.896. The molecule has 0 saturated heterocycles. The number of hydrogen-bond acceptors (Lipinski definition) is 7. The normalized spacial score (nSPS) is 14.2. The van der Waals surface area contributed by atoms with Crippen molar-refractivity contribution in [1.82, 2.24) is 5.32 Å². The highest BCUT2D eigenvalue weighted by Crippen LogP contribution is 2.38. The van der Waals surface area contributed by atoms with E-state index in [2.05, 4.69) is 74.7 Å². The van der Waals surface area contributed by atoms with Crippen molar-refractivity contribution in [3.63, 3.8) is 0 Å². The monoisotopic (exact) mass is 989 g/mol. The molecule has 0 aromatic carbocycles. The summed E-state index contributed by atoms with van der Waals surface area (Å²) >= 11 is 0. The Bertz CT molecular complexity index is 1370. The van der Waals surface area contributed by atoms with Gasteiger partial charge in [0, 0.05) is 12.8 Å². The maximum atomic E-state index is 13.5. The minimum atomic E-state index is -4.70. The molecule has 0 aliphatic carbocycles. The minimum absolute atomic E-state index is 0.0269. The Balaban J connectivity index is 5.28. The first-order valence-electron chi connectivity index (χ1n) is 28.6. The average Bonchev–Trinajstić information content (AvgIpc) is 3.31. The fraction of sp³-hybridized carbons (Fsp3) is 0.797. The second-order valence-corrected chi connectivity index (χ2v) is 21.9. The van der Waals surface area contributed by atoms with Gasteiger partial charge in [-0.25, -0.2) is 0 Å². The molecule has 0 heterocycles. The smallest absolute Gasteiger partial charge is 0.306 e. The Labute approximate surface area is 426 Å². The van der Waals surface area contributed by atoms with E-state index in [0.717, 1.165) is 96.3 Å². The quantitative estimate of drug-likeness (QED) is 0.0212. The Morgan fingerprint density at radius 3 is 1.35 bits per heavy atom. The zero-order chi connectivity index (χ0) is 50.8. The Morgan fingerprint density at radius 2 is 0.884 bits per heavy atom. The SMILES string of the molecule is CCCCC/C=C\C/C=C\C/C=C\C/C=C\CCCCCCCC(=O)NC(COP(=O)([O-])OCC[N+](C)(C)C)C(/C=C\CCCCCCCCCCC)OC(=O)CCCCCCCCCCCCC. The van der Waals surface area contributed by atoms with Crippen LogP contribution in [0.2, 0.25) is 0 Å². The maximum absolute atomic E-state index is 13.5. The summed E-state index contributed by atoms with van der Waals surface area (Å²) in [6.45, 7) is 6.78. The molecular formula is C59H109N2O7P. The highest BCUT2D eigenvalue weighted by molar-refractivity contribution is 7.45. The van der Waals surface area contributed by atoms with Gasteiger partial charge in [0.05, 0.1) is 33.8 Å². The van der Waals surface area contributed by atoms with Crippen molar-refractivity contribution in [3.8, 4) is 0 Å². The Hall–Kier alpha value is -2.29. The molecule has 0 aliphatic heterocycles. The lowest BCUT2D eigenvalue weighted by Gasteiger charge is -2.30. The molecule has 0 rings (SSSR count). The third kappa shape index (κ3) is 50.4. The summed E-state index contributed by atoms with van der Waals surface area (Å²) in [5.74, 6) is -0.561. The van der Waals surface area contributed by atoms with Gasteiger partial charge in [-0.1, -0.05) is 223 Å². The summed E-state index contributed by atoms with van der Waals surface area (Å²) < 4.78 is 30.2. The molecule has 0 aromatic heterocycles. The van der Waals surface area contributed by atoms with Gasteiger partial charge in [-0.15, -0.1) is 0 Å². The first-order valence-corrected chi connectivity index (χ1v) is 30.1. The van der Waals surface area contributed by atoms with Crippen molar-refractivity contribution in [2.45, 2.75) is 264 Å². The van der Waals surface area contributed by atoms with Crippen LogP contribution in [0.1, 0.15) is 252 Å². The molecule has 0 radical (unpaired) electrons. The van der Waals surface area contributed by atoms with Crippen molar-refractivity contribution in [2.24, 2.45) is 0 Å². The van der Waals surface area contributed by atoms with E-state index in [1.54, 1.807) is 0 Å². The van der Waals surface area contributed by atoms with Crippen molar-refractivity contribution in [1.29, 1.82) is 0 Å². The van der Waals surface area contributed by atoms with Crippen molar-refractivity contribution < 1.29 is 37.3 Å². The number of unbranched alkanes of at least 4 members (excludes halogenated alkanes) is 27. The van der Waals surface area contributed by atoms with Crippen LogP contribution in [-0.2, 0) is 27.9 Å². The number of likely N-dealkylation sites (N-methyl/N-ethyl adjacent to an activating group) is 1. The number of amides is 1. The number of phosphoric acid groups is 1. The van der Waals surface area contributed by atoms with Crippen LogP contribution in [0.4, 0.5) is 0 Å². The highest BCUT2D eigenvalue weighted by atomic mass is 31.2. The van der Waals surface area contributed by atoms with Gasteiger partial charge in [-0.2, -0.15) is 0 Å². The van der Waals surface area contributed by atoms with Crippen LogP contribution in [0, 0.1) is 0 Å². The van der Waals surface area contributed by atoms with Crippen molar-refractivity contribution >= 4 is 19.7 Å². The molecule has 3 atom stereocenters. The summed E-state index contributed by atoms with van der Waals surface area (Å²) in [4.78, 5) is 39.8. The molecule has 69 heavy (non-hydrogen) atoms. The van der Waals surface area contributed by atoms with Crippen LogP contribution < -0.4 is 10.2 Å². The zero-order valence-electron chi connectivity index (χ0n) is 45.8. The molecular weight excluding hydrogens is 880 g/mol. The van der Waals surface area contributed by atoms with E-state index in [1.807, 2.05) is 33.3 Å². The number of rotatable bonds is 51. The summed E-state index contributed by atoms with van der Waals surface area (Å²) in [5.41, 5.74) is 0. The van der Waals surface area contributed by atoms with Gasteiger partial charge >= 0.3 is 5.97 Å². The second-order valence-electron chi connectivity index (χ2n) is 20.4. The summed E-state index contributed by atoms with van der Waals surface area (Å²) in [6.07, 6.45) is 60.4. The molecule has 0 fully saturated rings. The number of carbonyl (C=O) groups excluding carboxylic acids is 2. The fourth-order valence-corrected chi connectivity index (χ4v) is 8.70. The zero-order valence-corrected chi connectivity index (χ0v) is 46.7. The molecule has 3 unspecified atom stereocenters. The highest BCUT2D eigenvalue weighted by Gasteiger charge is 2.27. The molecule has 9 nitrogen and oxygen atoms in total. The number of nitrogens with one attached hydrogen (secondary N) is 1. The topological polar surface area (TPSA) is 114 Å². The van der Waals surface area contributed by atoms with Gasteiger partial charge in [-0.05, 0) is 76.7 Å². The molecule has 0 aromatic rings. The van der Waals surface area contributed by atoms with Gasteiger partial charge in [0.1, 0.15) is 19.3 Å². The van der Waals surface area contributed by atoms with E-state index in [4.69, 9.17) is 13.8 Å². The number of hydrogen-bond donors (Lipinski definition) is 1. The van der Waals surface area contributed by atoms with Crippen LogP contribution in [0.3, 0.4) is 0 Å². The van der Waals surface area contributed by atoms with Crippen molar-refractivity contribution in [2.75, 3.05) is 40.9 Å². The third-order valence-corrected chi connectivity index (χ3v) is 13.4. The molecule has 0 bridgehead atoms. The first kappa shape index (κ1) is 66.7. The number of quaternary nitrogens is 1. The number of allylic oxidation sites excluding steroid dienone is 9. The average molecular weight is 990 g/mol. The van der Waals surface area contributed by atoms with E-state index in [9.17, 15) is 19.0 Å². The molecule has 1 N–H and O–H groups in total. The standard InChI is InChI=1S/C59H109N2O7P/c1-7-10-13-16-19-22-25-26-27-28-29-30-31-32-33-34-37-39-42-45-48-51-58(62)60-56(55-67-69(64,65)66-54-53-61(4,5)6)57(50-47-44-41-38-35-23-20-17-14-11-8-2)68-59(63)52-49-46-43-40-36-24-21-18-15-12-9-3/h19,22,26-27,29-30,32-33,47,50,56-57H,7-18,20-21,23-25,28,31,34-46,48-49,51-55H2,1-6H3,(H-,60,62,64,65)/b22-19-,27-26-,30-29-,33-32-,50-47-. The predicted octanol–water partition coefficient (Wildman–Crippen LogP) is 16.5.